The first kappa shape index (κ1) is 13.3. The maximum absolute atomic E-state index is 11.4. The van der Waals surface area contributed by atoms with Gasteiger partial charge in [0.15, 0.2) is 5.38 Å². The van der Waals surface area contributed by atoms with Gasteiger partial charge in [-0.25, -0.2) is 0 Å². The third-order valence-electron chi connectivity index (χ3n) is 3.13. The van der Waals surface area contributed by atoms with E-state index in [1.165, 1.54) is 7.11 Å². The molecule has 1 aromatic carbocycles. The fraction of sp³-hybridized carbons (Fsp3) is 0.462. The van der Waals surface area contributed by atoms with Crippen LogP contribution < -0.4 is 0 Å². The van der Waals surface area contributed by atoms with Gasteiger partial charge in [0, 0.05) is 7.05 Å². The van der Waals surface area contributed by atoms with Gasteiger partial charge in [-0.15, -0.1) is 11.6 Å². The number of nitrogens with zero attached hydrogens (tertiary/aromatic N) is 1. The Morgan fingerprint density at radius 1 is 1.50 bits per heavy atom. The van der Waals surface area contributed by atoms with Crippen molar-refractivity contribution < 1.29 is 14.4 Å². The van der Waals surface area contributed by atoms with Crippen molar-refractivity contribution >= 4 is 17.6 Å². The monoisotopic (exact) mass is 269 g/mol. The predicted molar refractivity (Wildman–Crippen MR) is 68.1 cm³/mol. The number of hydroxylamine groups is 2. The van der Waals surface area contributed by atoms with Crippen LogP contribution in [0.5, 0.6) is 0 Å². The lowest BCUT2D eigenvalue weighted by Crippen LogP contribution is -2.30. The summed E-state index contributed by atoms with van der Waals surface area (Å²) in [6, 6.07) is 10.1. The summed E-state index contributed by atoms with van der Waals surface area (Å²) in [5, 5.41) is 0.976. The van der Waals surface area contributed by atoms with Gasteiger partial charge in [-0.05, 0) is 12.0 Å². The van der Waals surface area contributed by atoms with E-state index >= 15 is 0 Å². The number of ether oxygens (including phenoxy) is 1. The van der Waals surface area contributed by atoms with Crippen molar-refractivity contribution in [3.8, 4) is 0 Å². The first-order valence-corrected chi connectivity index (χ1v) is 6.23. The molecule has 1 aliphatic rings. The smallest absolute Gasteiger partial charge is 0.326 e. The van der Waals surface area contributed by atoms with Gasteiger partial charge in [0.2, 0.25) is 0 Å². The molecule has 4 nitrogen and oxygen atoms in total. The molecule has 1 aromatic rings. The van der Waals surface area contributed by atoms with E-state index in [2.05, 4.69) is 4.74 Å². The minimum Gasteiger partial charge on any atom is -0.468 e. The molecule has 5 heteroatoms. The Kier molecular flexibility index (Phi) is 4.22. The molecule has 0 radical (unpaired) electrons. The lowest BCUT2D eigenvalue weighted by molar-refractivity contribution is -0.160. The predicted octanol–water partition coefficient (Wildman–Crippen LogP) is 2.14. The number of hydrogen-bond acceptors (Lipinski definition) is 4. The van der Waals surface area contributed by atoms with Crippen molar-refractivity contribution in [2.75, 3.05) is 14.2 Å². The summed E-state index contributed by atoms with van der Waals surface area (Å²) < 4.78 is 4.63. The second-order valence-corrected chi connectivity index (χ2v) is 4.75. The zero-order valence-corrected chi connectivity index (χ0v) is 11.1. The van der Waals surface area contributed by atoms with E-state index in [4.69, 9.17) is 16.4 Å². The molecule has 0 spiro atoms. The van der Waals surface area contributed by atoms with E-state index in [1.54, 1.807) is 5.06 Å². The van der Waals surface area contributed by atoms with Crippen molar-refractivity contribution in [2.45, 2.75) is 23.9 Å². The highest BCUT2D eigenvalue weighted by Crippen LogP contribution is 2.35. The Morgan fingerprint density at radius 2 is 2.17 bits per heavy atom. The fourth-order valence-electron chi connectivity index (χ4n) is 2.16. The Morgan fingerprint density at radius 3 is 2.78 bits per heavy atom. The van der Waals surface area contributed by atoms with Crippen LogP contribution in [0, 0.1) is 0 Å². The number of alkyl halides is 1. The number of halogens is 1. The number of carbonyl (C=O) groups is 1. The fourth-order valence-corrected chi connectivity index (χ4v) is 2.39. The van der Waals surface area contributed by atoms with Crippen LogP contribution in [0.1, 0.15) is 18.0 Å². The van der Waals surface area contributed by atoms with Crippen LogP contribution in [0.15, 0.2) is 30.3 Å². The maximum atomic E-state index is 11.4. The van der Waals surface area contributed by atoms with Crippen molar-refractivity contribution in [1.82, 2.24) is 5.06 Å². The Bertz CT molecular complexity index is 412. The molecule has 1 heterocycles. The molecule has 18 heavy (non-hydrogen) atoms. The number of methoxy groups -OCH3 is 1. The molecule has 0 saturated carbocycles. The zero-order valence-electron chi connectivity index (χ0n) is 10.4. The van der Waals surface area contributed by atoms with E-state index in [0.717, 1.165) is 5.56 Å². The van der Waals surface area contributed by atoms with Crippen LogP contribution in [0.3, 0.4) is 0 Å². The van der Waals surface area contributed by atoms with Gasteiger partial charge in [-0.3, -0.25) is 9.63 Å². The summed E-state index contributed by atoms with van der Waals surface area (Å²) in [5.74, 6) is -0.455. The standard InChI is InChI=1S/C13H16ClNO3/c1-15-10(9-6-4-3-5-7-9)8-11(18-15)12(14)13(16)17-2/h3-7,10-12H,8H2,1-2H3. The van der Waals surface area contributed by atoms with E-state index < -0.39 is 11.3 Å². The number of esters is 1. The molecule has 0 amide bonds. The van der Waals surface area contributed by atoms with Gasteiger partial charge in [0.25, 0.3) is 0 Å². The van der Waals surface area contributed by atoms with Gasteiger partial charge >= 0.3 is 5.97 Å². The molecule has 1 fully saturated rings. The van der Waals surface area contributed by atoms with E-state index in [1.807, 2.05) is 37.4 Å². The summed E-state index contributed by atoms with van der Waals surface area (Å²) in [5.41, 5.74) is 1.15. The van der Waals surface area contributed by atoms with Gasteiger partial charge in [-0.1, -0.05) is 30.3 Å². The SMILES string of the molecule is COC(=O)C(Cl)C1CC(c2ccccc2)N(C)O1. The normalized spacial score (nSPS) is 25.9. The highest BCUT2D eigenvalue weighted by atomic mass is 35.5. The van der Waals surface area contributed by atoms with Crippen LogP contribution in [-0.2, 0) is 14.4 Å². The molecular weight excluding hydrogens is 254 g/mol. The minimum atomic E-state index is -0.772. The van der Waals surface area contributed by atoms with Gasteiger partial charge in [0.1, 0.15) is 6.10 Å². The van der Waals surface area contributed by atoms with Crippen molar-refractivity contribution in [3.63, 3.8) is 0 Å². The molecule has 0 aromatic heterocycles. The van der Waals surface area contributed by atoms with Crippen molar-refractivity contribution in [1.29, 1.82) is 0 Å². The number of benzene rings is 1. The van der Waals surface area contributed by atoms with E-state index in [0.29, 0.717) is 6.42 Å². The molecule has 0 aliphatic carbocycles. The molecule has 3 unspecified atom stereocenters. The number of rotatable bonds is 3. The molecule has 2 rings (SSSR count). The molecule has 3 atom stereocenters. The third-order valence-corrected chi connectivity index (χ3v) is 3.59. The van der Waals surface area contributed by atoms with Gasteiger partial charge < -0.3 is 4.74 Å². The van der Waals surface area contributed by atoms with E-state index in [-0.39, 0.29) is 12.1 Å². The van der Waals surface area contributed by atoms with Crippen LogP contribution in [-0.4, -0.2) is 36.7 Å². The maximum Gasteiger partial charge on any atom is 0.326 e. The first-order chi connectivity index (χ1) is 8.63. The van der Waals surface area contributed by atoms with Crippen molar-refractivity contribution in [3.05, 3.63) is 35.9 Å². The summed E-state index contributed by atoms with van der Waals surface area (Å²) >= 11 is 6.03. The number of hydrogen-bond donors (Lipinski definition) is 0. The quantitative estimate of drug-likeness (QED) is 0.623. The highest BCUT2D eigenvalue weighted by Gasteiger charge is 2.39. The molecule has 0 bridgehead atoms. The summed E-state index contributed by atoms with van der Waals surface area (Å²) in [4.78, 5) is 17.0. The third kappa shape index (κ3) is 2.66. The number of carbonyl (C=O) groups excluding carboxylic acids is 1. The zero-order chi connectivity index (χ0) is 13.1. The topological polar surface area (TPSA) is 38.8 Å². The van der Waals surface area contributed by atoms with E-state index in [9.17, 15) is 4.79 Å². The van der Waals surface area contributed by atoms with Gasteiger partial charge in [0.05, 0.1) is 13.2 Å². The first-order valence-electron chi connectivity index (χ1n) is 5.80. The van der Waals surface area contributed by atoms with Crippen LogP contribution in [0.25, 0.3) is 0 Å². The van der Waals surface area contributed by atoms with Crippen LogP contribution in [0.2, 0.25) is 0 Å². The average molecular weight is 270 g/mol. The second kappa shape index (κ2) is 5.69. The summed E-state index contributed by atoms with van der Waals surface area (Å²) in [6.45, 7) is 0. The highest BCUT2D eigenvalue weighted by molar-refractivity contribution is 6.30. The average Bonchev–Trinajstić information content (AvgIpc) is 2.80. The molecule has 98 valence electrons. The lowest BCUT2D eigenvalue weighted by Gasteiger charge is -2.17. The molecule has 0 N–H and O–H groups in total. The summed E-state index contributed by atoms with van der Waals surface area (Å²) in [6.07, 6.45) is 0.318. The lowest BCUT2D eigenvalue weighted by atomic mass is 10.0. The minimum absolute atomic E-state index is 0.113. The Hall–Kier alpha value is -1.10. The summed E-state index contributed by atoms with van der Waals surface area (Å²) in [7, 11) is 3.17. The Balaban J connectivity index is 2.08. The van der Waals surface area contributed by atoms with Gasteiger partial charge in [-0.2, -0.15) is 5.06 Å². The molecule has 1 aliphatic heterocycles. The molecular formula is C13H16ClNO3. The van der Waals surface area contributed by atoms with Crippen LogP contribution in [0.4, 0.5) is 0 Å². The largest absolute Gasteiger partial charge is 0.468 e. The Labute approximate surface area is 111 Å². The van der Waals surface area contributed by atoms with Crippen molar-refractivity contribution in [2.24, 2.45) is 0 Å². The van der Waals surface area contributed by atoms with Crippen LogP contribution >= 0.6 is 11.6 Å². The molecule has 1 saturated heterocycles. The second-order valence-electron chi connectivity index (χ2n) is 4.28.